The molecule has 3 aromatic rings. The first-order valence-corrected chi connectivity index (χ1v) is 8.16. The van der Waals surface area contributed by atoms with Crippen molar-refractivity contribution in [3.05, 3.63) is 64.3 Å². The SMILES string of the molecule is Cc1cnc(N)nc1-n1cnc(C(=O)NCc2cccc(Cl)c2CO)c1. The van der Waals surface area contributed by atoms with Gasteiger partial charge in [0.1, 0.15) is 17.8 Å². The molecule has 0 atom stereocenters. The van der Waals surface area contributed by atoms with Gasteiger partial charge >= 0.3 is 0 Å². The van der Waals surface area contributed by atoms with Crippen LogP contribution < -0.4 is 11.1 Å². The van der Waals surface area contributed by atoms with Crippen LogP contribution in [0.5, 0.6) is 0 Å². The van der Waals surface area contributed by atoms with Crippen LogP contribution >= 0.6 is 11.6 Å². The number of nitrogens with one attached hydrogen (secondary N) is 1. The number of anilines is 1. The van der Waals surface area contributed by atoms with Crippen molar-refractivity contribution in [3.8, 4) is 5.82 Å². The summed E-state index contributed by atoms with van der Waals surface area (Å²) < 4.78 is 1.61. The van der Waals surface area contributed by atoms with Gasteiger partial charge < -0.3 is 16.2 Å². The van der Waals surface area contributed by atoms with E-state index >= 15 is 0 Å². The Morgan fingerprint density at radius 1 is 1.38 bits per heavy atom. The van der Waals surface area contributed by atoms with Crippen LogP contribution in [0.2, 0.25) is 5.02 Å². The van der Waals surface area contributed by atoms with Gasteiger partial charge in [0.2, 0.25) is 5.95 Å². The Kier molecular flexibility index (Phi) is 5.15. The highest BCUT2D eigenvalue weighted by Crippen LogP contribution is 2.20. The van der Waals surface area contributed by atoms with E-state index < -0.39 is 0 Å². The maximum absolute atomic E-state index is 12.4. The van der Waals surface area contributed by atoms with Crippen molar-refractivity contribution >= 4 is 23.5 Å². The molecule has 26 heavy (non-hydrogen) atoms. The molecule has 134 valence electrons. The number of aliphatic hydroxyl groups is 1. The van der Waals surface area contributed by atoms with E-state index in [1.165, 1.54) is 6.33 Å². The fourth-order valence-corrected chi connectivity index (χ4v) is 2.73. The van der Waals surface area contributed by atoms with E-state index in [1.807, 2.05) is 6.92 Å². The van der Waals surface area contributed by atoms with E-state index in [2.05, 4.69) is 20.3 Å². The van der Waals surface area contributed by atoms with Crippen LogP contribution in [0.1, 0.15) is 27.2 Å². The zero-order valence-corrected chi connectivity index (χ0v) is 14.7. The van der Waals surface area contributed by atoms with Gasteiger partial charge in [-0.15, -0.1) is 0 Å². The van der Waals surface area contributed by atoms with Crippen molar-refractivity contribution in [3.63, 3.8) is 0 Å². The number of rotatable bonds is 5. The maximum atomic E-state index is 12.4. The minimum absolute atomic E-state index is 0.141. The van der Waals surface area contributed by atoms with Gasteiger partial charge in [-0.3, -0.25) is 9.36 Å². The smallest absolute Gasteiger partial charge is 0.271 e. The molecule has 0 unspecified atom stereocenters. The van der Waals surface area contributed by atoms with Gasteiger partial charge in [-0.2, -0.15) is 4.98 Å². The van der Waals surface area contributed by atoms with E-state index in [-0.39, 0.29) is 30.7 Å². The summed E-state index contributed by atoms with van der Waals surface area (Å²) in [4.78, 5) is 24.5. The average molecular weight is 373 g/mol. The Bertz CT molecular complexity index is 956. The molecule has 0 radical (unpaired) electrons. The third kappa shape index (κ3) is 3.66. The van der Waals surface area contributed by atoms with Crippen LogP contribution in [-0.2, 0) is 13.2 Å². The second-order valence-electron chi connectivity index (χ2n) is 5.62. The molecule has 0 aliphatic carbocycles. The van der Waals surface area contributed by atoms with Gasteiger partial charge in [-0.25, -0.2) is 9.97 Å². The van der Waals surface area contributed by atoms with E-state index in [0.29, 0.717) is 16.4 Å². The van der Waals surface area contributed by atoms with E-state index in [9.17, 15) is 9.90 Å². The molecule has 1 amide bonds. The Labute approximate surface area is 154 Å². The second kappa shape index (κ2) is 7.51. The van der Waals surface area contributed by atoms with Gasteiger partial charge in [0.05, 0.1) is 6.61 Å². The Morgan fingerprint density at radius 3 is 2.96 bits per heavy atom. The van der Waals surface area contributed by atoms with E-state index in [0.717, 1.165) is 11.1 Å². The van der Waals surface area contributed by atoms with Crippen molar-refractivity contribution < 1.29 is 9.90 Å². The molecule has 0 aliphatic heterocycles. The van der Waals surface area contributed by atoms with E-state index in [1.54, 1.807) is 35.2 Å². The van der Waals surface area contributed by atoms with Crippen molar-refractivity contribution in [1.29, 1.82) is 0 Å². The molecule has 1 aromatic carbocycles. The van der Waals surface area contributed by atoms with Crippen LogP contribution in [0.4, 0.5) is 5.95 Å². The number of nitrogen functional groups attached to an aromatic ring is 1. The number of carbonyl (C=O) groups excluding carboxylic acids is 1. The van der Waals surface area contributed by atoms with Crippen molar-refractivity contribution in [2.75, 3.05) is 5.73 Å². The van der Waals surface area contributed by atoms with Gasteiger partial charge in [-0.1, -0.05) is 23.7 Å². The largest absolute Gasteiger partial charge is 0.392 e. The number of nitrogens with two attached hydrogens (primary N) is 1. The normalized spacial score (nSPS) is 10.7. The fourth-order valence-electron chi connectivity index (χ4n) is 2.48. The standard InChI is InChI=1S/C17H17ClN6O2/c1-10-5-21-17(19)23-15(10)24-7-14(22-9-24)16(26)20-6-11-3-2-4-13(18)12(11)8-25/h2-5,7,9,25H,6,8H2,1H3,(H,20,26)(H2,19,21,23). The van der Waals surface area contributed by atoms with Crippen molar-refractivity contribution in [2.45, 2.75) is 20.1 Å². The molecule has 8 nitrogen and oxygen atoms in total. The minimum Gasteiger partial charge on any atom is -0.392 e. The molecule has 3 rings (SSSR count). The number of aryl methyl sites for hydroxylation is 1. The van der Waals surface area contributed by atoms with Crippen molar-refractivity contribution in [2.24, 2.45) is 0 Å². The molecule has 2 heterocycles. The third-order valence-electron chi connectivity index (χ3n) is 3.84. The first kappa shape index (κ1) is 17.8. The summed E-state index contributed by atoms with van der Waals surface area (Å²) in [5, 5.41) is 12.6. The topological polar surface area (TPSA) is 119 Å². The van der Waals surface area contributed by atoms with Gasteiger partial charge in [0, 0.05) is 35.1 Å². The van der Waals surface area contributed by atoms with Crippen LogP contribution in [0.3, 0.4) is 0 Å². The molecule has 9 heteroatoms. The molecule has 4 N–H and O–H groups in total. The Balaban J connectivity index is 1.75. The predicted octanol–water partition coefficient (Wildman–Crippen LogP) is 1.63. The van der Waals surface area contributed by atoms with Crippen molar-refractivity contribution in [1.82, 2.24) is 24.8 Å². The lowest BCUT2D eigenvalue weighted by Gasteiger charge is -2.10. The number of hydrogen-bond donors (Lipinski definition) is 3. The van der Waals surface area contributed by atoms with Gasteiger partial charge in [0.15, 0.2) is 0 Å². The zero-order chi connectivity index (χ0) is 18.7. The lowest BCUT2D eigenvalue weighted by atomic mass is 10.1. The Morgan fingerprint density at radius 2 is 2.19 bits per heavy atom. The van der Waals surface area contributed by atoms with Crippen LogP contribution in [-0.4, -0.2) is 30.5 Å². The van der Waals surface area contributed by atoms with Crippen LogP contribution in [0.25, 0.3) is 5.82 Å². The minimum atomic E-state index is -0.354. The quantitative estimate of drug-likeness (QED) is 0.626. The first-order valence-electron chi connectivity index (χ1n) is 7.78. The number of imidazole rings is 1. The number of nitrogens with zero attached hydrogens (tertiary/aromatic N) is 4. The maximum Gasteiger partial charge on any atom is 0.271 e. The number of benzene rings is 1. The van der Waals surface area contributed by atoms with Gasteiger partial charge in [-0.05, 0) is 18.6 Å². The highest BCUT2D eigenvalue weighted by atomic mass is 35.5. The molecule has 0 saturated carbocycles. The number of amides is 1. The summed E-state index contributed by atoms with van der Waals surface area (Å²) in [5.41, 5.74) is 7.98. The van der Waals surface area contributed by atoms with Crippen LogP contribution in [0, 0.1) is 6.92 Å². The summed E-state index contributed by atoms with van der Waals surface area (Å²) in [5.74, 6) is 0.344. The molecular formula is C17H17ClN6O2. The highest BCUT2D eigenvalue weighted by molar-refractivity contribution is 6.31. The summed E-state index contributed by atoms with van der Waals surface area (Å²) >= 11 is 6.05. The van der Waals surface area contributed by atoms with E-state index in [4.69, 9.17) is 17.3 Å². The molecular weight excluding hydrogens is 356 g/mol. The first-order chi connectivity index (χ1) is 12.5. The molecule has 0 aliphatic rings. The number of aromatic nitrogens is 4. The summed E-state index contributed by atoms with van der Waals surface area (Å²) in [6.45, 7) is 1.86. The summed E-state index contributed by atoms with van der Waals surface area (Å²) in [7, 11) is 0. The summed E-state index contributed by atoms with van der Waals surface area (Å²) in [6.07, 6.45) is 4.66. The third-order valence-corrected chi connectivity index (χ3v) is 4.19. The van der Waals surface area contributed by atoms with Gasteiger partial charge in [0.25, 0.3) is 5.91 Å². The molecule has 0 fully saturated rings. The number of halogens is 1. The fraction of sp³-hybridized carbons (Fsp3) is 0.176. The molecule has 0 bridgehead atoms. The average Bonchev–Trinajstić information content (AvgIpc) is 3.11. The molecule has 0 saturated heterocycles. The zero-order valence-electron chi connectivity index (χ0n) is 14.0. The number of hydrogen-bond acceptors (Lipinski definition) is 6. The summed E-state index contributed by atoms with van der Waals surface area (Å²) in [6, 6.07) is 5.25. The lowest BCUT2D eigenvalue weighted by Crippen LogP contribution is -2.23. The predicted molar refractivity (Wildman–Crippen MR) is 96.8 cm³/mol. The lowest BCUT2D eigenvalue weighted by molar-refractivity contribution is 0.0946. The number of carbonyl (C=O) groups is 1. The monoisotopic (exact) mass is 372 g/mol. The molecule has 0 spiro atoms. The molecule has 2 aromatic heterocycles. The number of aliphatic hydroxyl groups excluding tert-OH is 1. The van der Waals surface area contributed by atoms with Crippen LogP contribution in [0.15, 0.2) is 36.9 Å². The Hall–Kier alpha value is -2.97. The second-order valence-corrected chi connectivity index (χ2v) is 6.03. The highest BCUT2D eigenvalue weighted by Gasteiger charge is 2.13.